The third-order valence-corrected chi connectivity index (χ3v) is 7.27. The first-order valence-electron chi connectivity index (χ1n) is 12.8. The van der Waals surface area contributed by atoms with Crippen molar-refractivity contribution in [3.8, 4) is 0 Å². The lowest BCUT2D eigenvalue weighted by molar-refractivity contribution is 0.0909. The predicted octanol–water partition coefficient (Wildman–Crippen LogP) is 6.18. The van der Waals surface area contributed by atoms with E-state index in [1.807, 2.05) is 93.0 Å². The molecule has 0 aliphatic heterocycles. The summed E-state index contributed by atoms with van der Waals surface area (Å²) in [6, 6.07) is 10.5. The average molecular weight is 600 g/mol. The van der Waals surface area contributed by atoms with E-state index in [1.165, 1.54) is 23.9 Å². The van der Waals surface area contributed by atoms with Crippen LogP contribution in [0.25, 0.3) is 6.08 Å². The molecule has 0 bridgehead atoms. The van der Waals surface area contributed by atoms with Crippen LogP contribution in [-0.4, -0.2) is 64.5 Å². The Morgan fingerprint density at radius 2 is 1.76 bits per heavy atom. The molecular formula is C31H41N3O5S2. The van der Waals surface area contributed by atoms with Gasteiger partial charge in [0.15, 0.2) is 0 Å². The summed E-state index contributed by atoms with van der Waals surface area (Å²) in [5, 5.41) is 9.78. The summed E-state index contributed by atoms with van der Waals surface area (Å²) in [4.78, 5) is 10.8. The van der Waals surface area contributed by atoms with Gasteiger partial charge in [-0.1, -0.05) is 59.8 Å². The van der Waals surface area contributed by atoms with Crippen LogP contribution in [0, 0.1) is 6.92 Å². The first kappa shape index (κ1) is 35.6. The normalized spacial score (nSPS) is 13.7. The zero-order chi connectivity index (χ0) is 30.7. The number of hydrogen-bond donors (Lipinski definition) is 1. The highest BCUT2D eigenvalue weighted by Crippen LogP contribution is 2.15. The molecule has 0 saturated heterocycles. The minimum Gasteiger partial charge on any atom is -0.489 e. The number of allylic oxidation sites excluding steroid dienone is 6. The van der Waals surface area contributed by atoms with Gasteiger partial charge in [-0.3, -0.25) is 9.18 Å². The largest absolute Gasteiger partial charge is 0.489 e. The van der Waals surface area contributed by atoms with Gasteiger partial charge in [-0.05, 0) is 74.2 Å². The van der Waals surface area contributed by atoms with Crippen LogP contribution in [0.5, 0.6) is 0 Å². The number of pyridine rings is 1. The van der Waals surface area contributed by atoms with E-state index in [1.54, 1.807) is 38.3 Å². The maximum Gasteiger partial charge on any atom is 0.297 e. The Balaban J connectivity index is 0.00000411. The molecule has 1 atom stereocenters. The molecule has 2 rings (SSSR count). The summed E-state index contributed by atoms with van der Waals surface area (Å²) in [7, 11) is 2.84. The number of aryl methyl sites for hydroxylation is 1. The summed E-state index contributed by atoms with van der Waals surface area (Å²) in [6.07, 6.45) is 16.5. The first-order valence-corrected chi connectivity index (χ1v) is 15.1. The number of aliphatic imine (C=N–C) groups is 1. The fraction of sp³-hybridized carbons (Fsp3) is 0.290. The summed E-state index contributed by atoms with van der Waals surface area (Å²) in [5.74, 6) is 1.53. The van der Waals surface area contributed by atoms with Crippen LogP contribution < -0.4 is 4.90 Å². The molecule has 222 valence electrons. The lowest BCUT2D eigenvalue weighted by Crippen LogP contribution is -2.19. The van der Waals surface area contributed by atoms with E-state index in [2.05, 4.69) is 9.98 Å². The van der Waals surface area contributed by atoms with Crippen molar-refractivity contribution in [1.82, 2.24) is 4.98 Å². The van der Waals surface area contributed by atoms with Crippen molar-refractivity contribution in [3.05, 3.63) is 107 Å². The number of ether oxygens (including phenoxy) is 1. The third-order valence-electron chi connectivity index (χ3n) is 5.12. The van der Waals surface area contributed by atoms with Crippen molar-refractivity contribution in [1.29, 1.82) is 0 Å². The van der Waals surface area contributed by atoms with Gasteiger partial charge in [-0.2, -0.15) is 8.42 Å². The van der Waals surface area contributed by atoms with Gasteiger partial charge in [0.1, 0.15) is 24.3 Å². The molecule has 1 N–H and O–H groups in total. The SMILES string of the molecule is CO.C\C=C(/C=C\C=C\SC(/C=C/C=C/c1ccc(N(C)C)nc1)=NC)OC(C)COS(=O)(=O)c1ccc(C)cc1. The molecule has 1 heterocycles. The van der Waals surface area contributed by atoms with E-state index in [-0.39, 0.29) is 11.5 Å². The lowest BCUT2D eigenvalue weighted by Gasteiger charge is -2.15. The van der Waals surface area contributed by atoms with E-state index in [0.29, 0.717) is 5.76 Å². The predicted molar refractivity (Wildman–Crippen MR) is 173 cm³/mol. The molecule has 10 heteroatoms. The number of thioether (sulfide) groups is 1. The van der Waals surface area contributed by atoms with Crippen LogP contribution in [0.2, 0.25) is 0 Å². The Morgan fingerprint density at radius 1 is 1.07 bits per heavy atom. The monoisotopic (exact) mass is 599 g/mol. The number of aromatic nitrogens is 1. The summed E-state index contributed by atoms with van der Waals surface area (Å²) < 4.78 is 35.7. The molecule has 8 nitrogen and oxygen atoms in total. The van der Waals surface area contributed by atoms with E-state index in [4.69, 9.17) is 14.0 Å². The maximum atomic E-state index is 12.4. The first-order chi connectivity index (χ1) is 19.6. The highest BCUT2D eigenvalue weighted by molar-refractivity contribution is 8.16. The van der Waals surface area contributed by atoms with Gasteiger partial charge in [0, 0.05) is 34.4 Å². The van der Waals surface area contributed by atoms with Crippen LogP contribution in [0.4, 0.5) is 5.82 Å². The van der Waals surface area contributed by atoms with Crippen molar-refractivity contribution in [2.75, 3.05) is 39.8 Å². The average Bonchev–Trinajstić information content (AvgIpc) is 2.97. The number of benzene rings is 1. The molecule has 0 aliphatic rings. The minimum atomic E-state index is -3.83. The van der Waals surface area contributed by atoms with E-state index >= 15 is 0 Å². The fourth-order valence-electron chi connectivity index (χ4n) is 2.96. The second-order valence-electron chi connectivity index (χ2n) is 8.60. The minimum absolute atomic E-state index is 0.0951. The molecule has 0 radical (unpaired) electrons. The molecule has 2 aromatic rings. The zero-order valence-corrected chi connectivity index (χ0v) is 26.4. The summed E-state index contributed by atoms with van der Waals surface area (Å²) >= 11 is 1.49. The second-order valence-corrected chi connectivity index (χ2v) is 11.1. The van der Waals surface area contributed by atoms with Crippen molar-refractivity contribution in [3.63, 3.8) is 0 Å². The fourth-order valence-corrected chi connectivity index (χ4v) is 4.51. The van der Waals surface area contributed by atoms with Gasteiger partial charge in [0.2, 0.25) is 0 Å². The number of nitrogens with zero attached hydrogens (tertiary/aromatic N) is 3. The quantitative estimate of drug-likeness (QED) is 0.0958. The van der Waals surface area contributed by atoms with E-state index < -0.39 is 16.2 Å². The third kappa shape index (κ3) is 14.1. The van der Waals surface area contributed by atoms with Gasteiger partial charge in [-0.25, -0.2) is 4.98 Å². The van der Waals surface area contributed by atoms with Crippen molar-refractivity contribution < 1.29 is 22.4 Å². The van der Waals surface area contributed by atoms with Gasteiger partial charge < -0.3 is 14.7 Å². The second kappa shape index (κ2) is 19.6. The molecule has 1 aromatic carbocycles. The molecule has 1 aromatic heterocycles. The molecule has 0 amide bonds. The molecule has 0 saturated carbocycles. The van der Waals surface area contributed by atoms with Crippen LogP contribution in [0.15, 0.2) is 106 Å². The lowest BCUT2D eigenvalue weighted by atomic mass is 10.2. The van der Waals surface area contributed by atoms with Crippen molar-refractivity contribution >= 4 is 38.8 Å². The topological polar surface area (TPSA) is 101 Å². The zero-order valence-electron chi connectivity index (χ0n) is 24.8. The summed E-state index contributed by atoms with van der Waals surface area (Å²) in [5.41, 5.74) is 2.00. The number of rotatable bonds is 13. The summed E-state index contributed by atoms with van der Waals surface area (Å²) in [6.45, 7) is 5.41. The Hall–Kier alpha value is -3.44. The van der Waals surface area contributed by atoms with Gasteiger partial charge in [0.25, 0.3) is 10.1 Å². The molecule has 0 spiro atoms. The Labute approximate surface area is 249 Å². The Kier molecular flexibility index (Phi) is 17.0. The standard InChI is InChI=1S/C30H37N3O4S2.CH4O/c1-7-27(37-25(3)23-36-39(34,35)28-18-15-24(2)16-19-28)13-10-11-21-38-30(31-4)14-9-8-12-26-17-20-29(32-22-26)33(5)6;1-2/h7-22,25H,23H2,1-6H3;2H,1H3/b12-8+,13-10-,14-9+,21-11+,27-7+,31-30?;. The van der Waals surface area contributed by atoms with Crippen molar-refractivity contribution in [2.45, 2.75) is 31.8 Å². The smallest absolute Gasteiger partial charge is 0.297 e. The number of aliphatic hydroxyl groups is 1. The van der Waals surface area contributed by atoms with Crippen LogP contribution in [0.1, 0.15) is 25.0 Å². The van der Waals surface area contributed by atoms with Gasteiger partial charge in [0.05, 0.1) is 9.94 Å². The number of aliphatic hydroxyl groups excluding tert-OH is 1. The molecular weight excluding hydrogens is 558 g/mol. The Bertz CT molecular complexity index is 1330. The van der Waals surface area contributed by atoms with Crippen LogP contribution in [-0.2, 0) is 19.0 Å². The van der Waals surface area contributed by atoms with Crippen molar-refractivity contribution in [2.24, 2.45) is 4.99 Å². The van der Waals surface area contributed by atoms with Gasteiger partial charge in [-0.15, -0.1) is 0 Å². The van der Waals surface area contributed by atoms with Crippen LogP contribution in [0.3, 0.4) is 0 Å². The van der Waals surface area contributed by atoms with E-state index in [9.17, 15) is 8.42 Å². The maximum absolute atomic E-state index is 12.4. The number of anilines is 1. The Morgan fingerprint density at radius 3 is 2.34 bits per heavy atom. The molecule has 41 heavy (non-hydrogen) atoms. The highest BCUT2D eigenvalue weighted by Gasteiger charge is 2.17. The molecule has 0 aliphatic carbocycles. The van der Waals surface area contributed by atoms with Crippen LogP contribution >= 0.6 is 11.8 Å². The highest BCUT2D eigenvalue weighted by atomic mass is 32.2. The number of hydrogen-bond acceptors (Lipinski definition) is 9. The molecule has 1 unspecified atom stereocenters. The van der Waals surface area contributed by atoms with E-state index in [0.717, 1.165) is 29.1 Å². The molecule has 0 fully saturated rings. The van der Waals surface area contributed by atoms with Gasteiger partial charge >= 0.3 is 0 Å².